The van der Waals surface area contributed by atoms with Crippen LogP contribution in [-0.4, -0.2) is 43.6 Å². The van der Waals surface area contributed by atoms with Crippen LogP contribution in [0.15, 0.2) is 91.0 Å². The van der Waals surface area contributed by atoms with Gasteiger partial charge in [0, 0.05) is 6.61 Å². The molecule has 0 unspecified atom stereocenters. The Kier molecular flexibility index (Phi) is 7.05. The standard InChI is InChI=1S/C30H34O5/c1-4-20-31-26-25(33-28-27(26)34-29(2,3)35-28)21-32-30(22-14-8-5-9-15-22,23-16-10-6-11-17-23)24-18-12-7-13-19-24/h5-19,25-28H,4,20-21H2,1-3H3/t25-,26+,27-,28-/m1/s1. The van der Waals surface area contributed by atoms with Gasteiger partial charge in [0.2, 0.25) is 0 Å². The predicted molar refractivity (Wildman–Crippen MR) is 134 cm³/mol. The zero-order valence-electron chi connectivity index (χ0n) is 20.6. The second-order valence-corrected chi connectivity index (χ2v) is 9.57. The molecule has 0 aliphatic carbocycles. The lowest BCUT2D eigenvalue weighted by atomic mass is 9.80. The number of rotatable bonds is 9. The first-order valence-electron chi connectivity index (χ1n) is 12.5. The second kappa shape index (κ2) is 10.2. The Morgan fingerprint density at radius 3 is 1.77 bits per heavy atom. The summed E-state index contributed by atoms with van der Waals surface area (Å²) in [6, 6.07) is 31.1. The molecule has 184 valence electrons. The van der Waals surface area contributed by atoms with Crippen molar-refractivity contribution in [2.45, 2.75) is 63.2 Å². The molecular weight excluding hydrogens is 440 g/mol. The molecule has 2 heterocycles. The number of hydrogen-bond acceptors (Lipinski definition) is 5. The van der Waals surface area contributed by atoms with Crippen molar-refractivity contribution in [1.29, 1.82) is 0 Å². The molecule has 5 heteroatoms. The van der Waals surface area contributed by atoms with E-state index >= 15 is 0 Å². The van der Waals surface area contributed by atoms with Gasteiger partial charge >= 0.3 is 0 Å². The monoisotopic (exact) mass is 474 g/mol. The van der Waals surface area contributed by atoms with E-state index in [9.17, 15) is 0 Å². The van der Waals surface area contributed by atoms with Gasteiger partial charge in [-0.1, -0.05) is 97.9 Å². The van der Waals surface area contributed by atoms with Gasteiger partial charge in [-0.25, -0.2) is 0 Å². The van der Waals surface area contributed by atoms with Gasteiger partial charge in [0.1, 0.15) is 23.9 Å². The molecule has 3 aromatic rings. The van der Waals surface area contributed by atoms with Crippen LogP contribution >= 0.6 is 0 Å². The summed E-state index contributed by atoms with van der Waals surface area (Å²) in [5.41, 5.74) is 2.34. The minimum atomic E-state index is -0.818. The smallest absolute Gasteiger partial charge is 0.190 e. The van der Waals surface area contributed by atoms with Crippen LogP contribution in [0.2, 0.25) is 0 Å². The SMILES string of the molecule is CCCO[C@@H]1[C@H]2OC(C)(C)O[C@H]2O[C@@H]1COC(c1ccccc1)(c1ccccc1)c1ccccc1. The highest BCUT2D eigenvalue weighted by Gasteiger charge is 2.56. The fourth-order valence-corrected chi connectivity index (χ4v) is 5.11. The lowest BCUT2D eigenvalue weighted by Crippen LogP contribution is -2.42. The zero-order chi connectivity index (χ0) is 24.3. The summed E-state index contributed by atoms with van der Waals surface area (Å²) in [5.74, 6) is -0.698. The van der Waals surface area contributed by atoms with Crippen molar-refractivity contribution in [3.05, 3.63) is 108 Å². The van der Waals surface area contributed by atoms with Crippen LogP contribution in [0.4, 0.5) is 0 Å². The fraction of sp³-hybridized carbons (Fsp3) is 0.400. The third-order valence-corrected chi connectivity index (χ3v) is 6.61. The summed E-state index contributed by atoms with van der Waals surface area (Å²) in [4.78, 5) is 0. The Labute approximate surface area is 207 Å². The summed E-state index contributed by atoms with van der Waals surface area (Å²) in [6.45, 7) is 6.84. The molecule has 2 aliphatic heterocycles. The molecule has 0 bridgehead atoms. The van der Waals surface area contributed by atoms with E-state index in [4.69, 9.17) is 23.7 Å². The van der Waals surface area contributed by atoms with Crippen LogP contribution in [-0.2, 0) is 29.3 Å². The van der Waals surface area contributed by atoms with Crippen molar-refractivity contribution in [2.75, 3.05) is 13.2 Å². The van der Waals surface area contributed by atoms with E-state index in [-0.39, 0.29) is 18.3 Å². The maximum atomic E-state index is 6.98. The molecule has 35 heavy (non-hydrogen) atoms. The molecule has 2 fully saturated rings. The summed E-state index contributed by atoms with van der Waals surface area (Å²) in [6.07, 6.45) is -0.456. The van der Waals surface area contributed by atoms with Gasteiger partial charge in [0.05, 0.1) is 6.61 Å². The van der Waals surface area contributed by atoms with Crippen LogP contribution in [0, 0.1) is 0 Å². The van der Waals surface area contributed by atoms with Crippen molar-refractivity contribution < 1.29 is 23.7 Å². The molecule has 0 amide bonds. The first-order chi connectivity index (χ1) is 17.0. The van der Waals surface area contributed by atoms with Crippen molar-refractivity contribution in [3.8, 4) is 0 Å². The minimum absolute atomic E-state index is 0.276. The van der Waals surface area contributed by atoms with E-state index in [1.807, 2.05) is 68.4 Å². The molecule has 0 radical (unpaired) electrons. The molecule has 0 saturated carbocycles. The molecule has 0 spiro atoms. The summed E-state index contributed by atoms with van der Waals surface area (Å²) in [5, 5.41) is 0. The molecule has 5 nitrogen and oxygen atoms in total. The molecule has 5 rings (SSSR count). The average molecular weight is 475 g/mol. The molecule has 0 N–H and O–H groups in total. The largest absolute Gasteiger partial charge is 0.372 e. The van der Waals surface area contributed by atoms with Crippen LogP contribution in [0.25, 0.3) is 0 Å². The van der Waals surface area contributed by atoms with E-state index < -0.39 is 17.7 Å². The first-order valence-corrected chi connectivity index (χ1v) is 12.5. The van der Waals surface area contributed by atoms with Crippen LogP contribution in [0.1, 0.15) is 43.9 Å². The van der Waals surface area contributed by atoms with Crippen molar-refractivity contribution in [2.24, 2.45) is 0 Å². The summed E-state index contributed by atoms with van der Waals surface area (Å²) >= 11 is 0. The van der Waals surface area contributed by atoms with E-state index in [1.54, 1.807) is 0 Å². The molecule has 4 atom stereocenters. The van der Waals surface area contributed by atoms with Gasteiger partial charge in [0.25, 0.3) is 0 Å². The highest BCUT2D eigenvalue weighted by atomic mass is 16.8. The number of ether oxygens (including phenoxy) is 5. The van der Waals surface area contributed by atoms with E-state index in [1.165, 1.54) is 0 Å². The third kappa shape index (κ3) is 4.80. The normalized spacial score (nSPS) is 25.5. The third-order valence-electron chi connectivity index (χ3n) is 6.61. The Morgan fingerprint density at radius 2 is 1.29 bits per heavy atom. The Balaban J connectivity index is 1.51. The van der Waals surface area contributed by atoms with Crippen LogP contribution in [0.5, 0.6) is 0 Å². The van der Waals surface area contributed by atoms with E-state index in [0.29, 0.717) is 13.2 Å². The molecule has 3 aromatic carbocycles. The maximum absolute atomic E-state index is 6.98. The number of hydrogen-bond donors (Lipinski definition) is 0. The Hall–Kier alpha value is -2.54. The van der Waals surface area contributed by atoms with Gasteiger partial charge in [0.15, 0.2) is 12.1 Å². The van der Waals surface area contributed by atoms with E-state index in [0.717, 1.165) is 23.1 Å². The van der Waals surface area contributed by atoms with Gasteiger partial charge in [-0.15, -0.1) is 0 Å². The molecule has 2 saturated heterocycles. The van der Waals surface area contributed by atoms with Crippen molar-refractivity contribution in [1.82, 2.24) is 0 Å². The quantitative estimate of drug-likeness (QED) is 0.374. The summed E-state index contributed by atoms with van der Waals surface area (Å²) in [7, 11) is 0. The molecule has 0 aromatic heterocycles. The Morgan fingerprint density at radius 1 is 0.771 bits per heavy atom. The minimum Gasteiger partial charge on any atom is -0.372 e. The highest BCUT2D eigenvalue weighted by molar-refractivity contribution is 5.47. The van der Waals surface area contributed by atoms with Gasteiger partial charge in [-0.2, -0.15) is 0 Å². The number of benzene rings is 3. The zero-order valence-corrected chi connectivity index (χ0v) is 20.6. The Bertz CT molecular complexity index is 973. The topological polar surface area (TPSA) is 46.2 Å². The fourth-order valence-electron chi connectivity index (χ4n) is 5.11. The van der Waals surface area contributed by atoms with Crippen molar-refractivity contribution in [3.63, 3.8) is 0 Å². The van der Waals surface area contributed by atoms with Crippen LogP contribution < -0.4 is 0 Å². The van der Waals surface area contributed by atoms with Crippen LogP contribution in [0.3, 0.4) is 0 Å². The van der Waals surface area contributed by atoms with Gasteiger partial charge < -0.3 is 23.7 Å². The first kappa shape index (κ1) is 24.2. The average Bonchev–Trinajstić information content (AvgIpc) is 3.36. The lowest BCUT2D eigenvalue weighted by Gasteiger charge is -2.37. The van der Waals surface area contributed by atoms with Gasteiger partial charge in [-0.3, -0.25) is 0 Å². The maximum Gasteiger partial charge on any atom is 0.190 e. The predicted octanol–water partition coefficient (Wildman–Crippen LogP) is 5.67. The lowest BCUT2D eigenvalue weighted by molar-refractivity contribution is -0.226. The highest BCUT2D eigenvalue weighted by Crippen LogP contribution is 2.43. The van der Waals surface area contributed by atoms with E-state index in [2.05, 4.69) is 43.3 Å². The molecule has 2 aliphatic rings. The van der Waals surface area contributed by atoms with Gasteiger partial charge in [-0.05, 0) is 37.0 Å². The summed E-state index contributed by atoms with van der Waals surface area (Å²) < 4.78 is 31.8. The molecular formula is C30H34O5. The number of fused-ring (bicyclic) bond motifs is 1. The van der Waals surface area contributed by atoms with Crippen molar-refractivity contribution >= 4 is 0 Å². The second-order valence-electron chi connectivity index (χ2n) is 9.57.